The van der Waals surface area contributed by atoms with Crippen LogP contribution in [0.5, 0.6) is 0 Å². The van der Waals surface area contributed by atoms with Crippen molar-refractivity contribution in [1.29, 1.82) is 0 Å². The van der Waals surface area contributed by atoms with E-state index in [9.17, 15) is 8.42 Å². The molecule has 3 unspecified atom stereocenters. The standard InChI is InChI=1S/C34H30N2O2S/c1-21-9-7-10-22(2)33(21)36-39(37,38)25-17-18-31-30(20-25)28-15-8-16-29(28)34(35-31)32-26-13-5-3-11-23(26)19-24-12-4-6-14-27(24)32/h3-15,17-20,28-29,34-36H,16H2,1-2H3. The molecular weight excluding hydrogens is 500 g/mol. The number of para-hydroxylation sites is 1. The van der Waals surface area contributed by atoms with Gasteiger partial charge in [-0.1, -0.05) is 78.9 Å². The van der Waals surface area contributed by atoms with E-state index >= 15 is 0 Å². The van der Waals surface area contributed by atoms with Gasteiger partial charge in [0.05, 0.1) is 16.6 Å². The molecule has 5 aromatic carbocycles. The molecule has 5 heteroatoms. The smallest absolute Gasteiger partial charge is 0.261 e. The molecule has 0 aromatic heterocycles. The molecule has 0 bridgehead atoms. The van der Waals surface area contributed by atoms with Crippen molar-refractivity contribution in [2.24, 2.45) is 5.92 Å². The Morgan fingerprint density at radius 3 is 2.15 bits per heavy atom. The predicted octanol–water partition coefficient (Wildman–Crippen LogP) is 8.24. The summed E-state index contributed by atoms with van der Waals surface area (Å²) < 4.78 is 29.9. The molecule has 2 aliphatic rings. The lowest BCUT2D eigenvalue weighted by Gasteiger charge is -2.38. The van der Waals surface area contributed by atoms with Gasteiger partial charge in [0, 0.05) is 11.6 Å². The van der Waals surface area contributed by atoms with Gasteiger partial charge in [-0.3, -0.25) is 4.72 Å². The van der Waals surface area contributed by atoms with E-state index in [-0.39, 0.29) is 17.9 Å². The van der Waals surface area contributed by atoms with E-state index in [1.807, 2.05) is 44.2 Å². The third kappa shape index (κ3) is 3.92. The number of fused-ring (bicyclic) bond motifs is 5. The minimum atomic E-state index is -3.75. The number of sulfonamides is 1. The number of anilines is 2. The van der Waals surface area contributed by atoms with E-state index in [2.05, 4.69) is 76.8 Å². The summed E-state index contributed by atoms with van der Waals surface area (Å²) in [6.45, 7) is 3.85. The zero-order chi connectivity index (χ0) is 26.7. The van der Waals surface area contributed by atoms with Crippen LogP contribution in [0.25, 0.3) is 21.5 Å². The second kappa shape index (κ2) is 8.99. The molecular formula is C34H30N2O2S. The highest BCUT2D eigenvalue weighted by atomic mass is 32.2. The maximum atomic E-state index is 13.5. The highest BCUT2D eigenvalue weighted by Crippen LogP contribution is 2.52. The third-order valence-electron chi connectivity index (χ3n) is 8.49. The number of allylic oxidation sites excluding steroid dienone is 2. The van der Waals surface area contributed by atoms with Gasteiger partial charge in [-0.25, -0.2) is 8.42 Å². The molecule has 1 aliphatic carbocycles. The molecule has 0 fully saturated rings. The lowest BCUT2D eigenvalue weighted by Crippen LogP contribution is -2.29. The predicted molar refractivity (Wildman–Crippen MR) is 161 cm³/mol. The van der Waals surface area contributed by atoms with Gasteiger partial charge in [0.2, 0.25) is 0 Å². The molecule has 7 rings (SSSR count). The fourth-order valence-corrected chi connectivity index (χ4v) is 7.82. The van der Waals surface area contributed by atoms with Crippen LogP contribution >= 0.6 is 0 Å². The molecule has 0 amide bonds. The lowest BCUT2D eigenvalue weighted by molar-refractivity contribution is 0.428. The summed E-state index contributed by atoms with van der Waals surface area (Å²) in [5.41, 5.74) is 5.82. The molecule has 1 aliphatic heterocycles. The summed E-state index contributed by atoms with van der Waals surface area (Å²) in [6, 6.07) is 30.9. The van der Waals surface area contributed by atoms with E-state index in [0.29, 0.717) is 10.6 Å². The van der Waals surface area contributed by atoms with E-state index in [0.717, 1.165) is 28.8 Å². The number of aryl methyl sites for hydroxylation is 2. The maximum absolute atomic E-state index is 13.5. The number of hydrogen-bond acceptors (Lipinski definition) is 3. The van der Waals surface area contributed by atoms with Crippen LogP contribution < -0.4 is 10.0 Å². The van der Waals surface area contributed by atoms with Crippen molar-refractivity contribution >= 4 is 42.9 Å². The summed E-state index contributed by atoms with van der Waals surface area (Å²) in [6.07, 6.45) is 5.46. The molecule has 194 valence electrons. The van der Waals surface area contributed by atoms with Crippen molar-refractivity contribution in [3.05, 3.63) is 125 Å². The lowest BCUT2D eigenvalue weighted by atomic mass is 9.75. The monoisotopic (exact) mass is 530 g/mol. The normalized spacial score (nSPS) is 20.0. The highest BCUT2D eigenvalue weighted by molar-refractivity contribution is 7.92. The molecule has 2 N–H and O–H groups in total. The maximum Gasteiger partial charge on any atom is 0.261 e. The van der Waals surface area contributed by atoms with E-state index in [4.69, 9.17) is 0 Å². The van der Waals surface area contributed by atoms with E-state index in [1.54, 1.807) is 6.07 Å². The average Bonchev–Trinajstić information content (AvgIpc) is 3.44. The summed E-state index contributed by atoms with van der Waals surface area (Å²) in [5, 5.41) is 8.86. The third-order valence-corrected chi connectivity index (χ3v) is 9.83. The zero-order valence-electron chi connectivity index (χ0n) is 22.0. The van der Waals surface area contributed by atoms with Crippen LogP contribution in [0.15, 0.2) is 108 Å². The Hall–Kier alpha value is -4.09. The Morgan fingerprint density at radius 1 is 0.795 bits per heavy atom. The topological polar surface area (TPSA) is 58.2 Å². The van der Waals surface area contributed by atoms with Crippen molar-refractivity contribution in [3.63, 3.8) is 0 Å². The van der Waals surface area contributed by atoms with Crippen molar-refractivity contribution < 1.29 is 8.42 Å². The first-order chi connectivity index (χ1) is 18.9. The molecule has 4 nitrogen and oxygen atoms in total. The Labute approximate surface area is 229 Å². The van der Waals surface area contributed by atoms with E-state index < -0.39 is 10.0 Å². The first kappa shape index (κ1) is 24.0. The van der Waals surface area contributed by atoms with Gasteiger partial charge in [-0.05, 0) is 94.3 Å². The first-order valence-corrected chi connectivity index (χ1v) is 15.0. The summed E-state index contributed by atoms with van der Waals surface area (Å²) in [7, 11) is -3.75. The van der Waals surface area contributed by atoms with Crippen LogP contribution in [0, 0.1) is 19.8 Å². The van der Waals surface area contributed by atoms with Crippen LogP contribution in [-0.4, -0.2) is 8.42 Å². The molecule has 0 saturated carbocycles. The molecule has 5 aromatic rings. The Kier molecular flexibility index (Phi) is 5.53. The quantitative estimate of drug-likeness (QED) is 0.182. The fourth-order valence-electron chi connectivity index (χ4n) is 6.58. The molecule has 39 heavy (non-hydrogen) atoms. The highest BCUT2D eigenvalue weighted by Gasteiger charge is 2.39. The summed E-state index contributed by atoms with van der Waals surface area (Å²) in [5.74, 6) is 0.426. The average molecular weight is 531 g/mol. The largest absolute Gasteiger partial charge is 0.378 e. The Balaban J connectivity index is 1.33. The van der Waals surface area contributed by atoms with Crippen LogP contribution in [0.2, 0.25) is 0 Å². The van der Waals surface area contributed by atoms with Gasteiger partial charge in [0.1, 0.15) is 0 Å². The number of nitrogens with one attached hydrogen (secondary N) is 2. The molecule has 1 heterocycles. The van der Waals surface area contributed by atoms with Crippen molar-refractivity contribution in [3.8, 4) is 0 Å². The first-order valence-electron chi connectivity index (χ1n) is 13.5. The molecule has 0 spiro atoms. The summed E-state index contributed by atoms with van der Waals surface area (Å²) in [4.78, 5) is 0.291. The van der Waals surface area contributed by atoms with Gasteiger partial charge in [0.15, 0.2) is 0 Å². The summed E-state index contributed by atoms with van der Waals surface area (Å²) >= 11 is 0. The van der Waals surface area contributed by atoms with Gasteiger partial charge in [-0.2, -0.15) is 0 Å². The van der Waals surface area contributed by atoms with Gasteiger partial charge in [0.25, 0.3) is 10.0 Å². The SMILES string of the molecule is Cc1cccc(C)c1NS(=O)(=O)c1ccc2c(c1)C1C=CCC1C(c1c3ccccc3cc3ccccc13)N2. The van der Waals surface area contributed by atoms with Crippen LogP contribution in [0.1, 0.15) is 40.6 Å². The van der Waals surface area contributed by atoms with Crippen molar-refractivity contribution in [2.75, 3.05) is 10.0 Å². The number of benzene rings is 5. The Morgan fingerprint density at radius 2 is 1.46 bits per heavy atom. The minimum Gasteiger partial charge on any atom is -0.378 e. The van der Waals surface area contributed by atoms with Crippen LogP contribution in [0.3, 0.4) is 0 Å². The number of hydrogen-bond donors (Lipinski definition) is 2. The molecule has 3 atom stereocenters. The van der Waals surface area contributed by atoms with E-state index in [1.165, 1.54) is 27.1 Å². The van der Waals surface area contributed by atoms with Gasteiger partial charge < -0.3 is 5.32 Å². The van der Waals surface area contributed by atoms with Crippen molar-refractivity contribution in [2.45, 2.75) is 37.1 Å². The minimum absolute atomic E-state index is 0.101. The molecule has 0 radical (unpaired) electrons. The second-order valence-electron chi connectivity index (χ2n) is 10.8. The zero-order valence-corrected chi connectivity index (χ0v) is 22.8. The second-order valence-corrected chi connectivity index (χ2v) is 12.5. The van der Waals surface area contributed by atoms with Crippen LogP contribution in [-0.2, 0) is 10.0 Å². The Bertz CT molecular complexity index is 1830. The fraction of sp³-hybridized carbons (Fsp3) is 0.176. The van der Waals surface area contributed by atoms with Gasteiger partial charge in [-0.15, -0.1) is 0 Å². The number of rotatable bonds is 4. The van der Waals surface area contributed by atoms with Gasteiger partial charge >= 0.3 is 0 Å². The molecule has 0 saturated heterocycles. The van der Waals surface area contributed by atoms with Crippen molar-refractivity contribution in [1.82, 2.24) is 0 Å². The van der Waals surface area contributed by atoms with Crippen LogP contribution in [0.4, 0.5) is 11.4 Å².